The molecule has 0 atom stereocenters. The molecule has 0 bridgehead atoms. The first kappa shape index (κ1) is 10.8. The summed E-state index contributed by atoms with van der Waals surface area (Å²) in [5, 5.41) is 0. The Kier molecular flexibility index (Phi) is 5.57. The van der Waals surface area contributed by atoms with Gasteiger partial charge in [0.25, 0.3) is 0 Å². The Morgan fingerprint density at radius 3 is 3.07 bits per heavy atom. The first-order valence-electron chi connectivity index (χ1n) is 5.17. The molecule has 0 spiro atoms. The van der Waals surface area contributed by atoms with E-state index in [0.29, 0.717) is 0 Å². The first-order chi connectivity index (χ1) is 6.93. The quantitative estimate of drug-likeness (QED) is 0.490. The normalized spacial score (nSPS) is 10.6. The predicted octanol–water partition coefficient (Wildman–Crippen LogP) is 3.61. The fourth-order valence-electron chi connectivity index (χ4n) is 1.14. The molecule has 0 amide bonds. The third kappa shape index (κ3) is 4.70. The first-order valence-corrected chi connectivity index (χ1v) is 5.17. The molecule has 0 heterocycles. The van der Waals surface area contributed by atoms with E-state index in [4.69, 9.17) is 4.74 Å². The lowest BCUT2D eigenvalue weighted by Gasteiger charge is -2.03. The number of hydrogen-bond donors (Lipinski definition) is 0. The molecule has 0 fully saturated rings. The van der Waals surface area contributed by atoms with Gasteiger partial charge in [-0.05, 0) is 37.5 Å². The van der Waals surface area contributed by atoms with Crippen molar-refractivity contribution in [1.29, 1.82) is 0 Å². The zero-order chi connectivity index (χ0) is 10.1. The second kappa shape index (κ2) is 7.19. The Balaban J connectivity index is 2.07. The summed E-state index contributed by atoms with van der Waals surface area (Å²) in [5.41, 5.74) is 0. The van der Waals surface area contributed by atoms with Crippen molar-refractivity contribution in [3.63, 3.8) is 0 Å². The van der Waals surface area contributed by atoms with Gasteiger partial charge < -0.3 is 4.74 Å². The van der Waals surface area contributed by atoms with Gasteiger partial charge in [-0.2, -0.15) is 0 Å². The van der Waals surface area contributed by atoms with E-state index in [0.717, 1.165) is 31.6 Å². The maximum atomic E-state index is 5.52. The zero-order valence-electron chi connectivity index (χ0n) is 8.70. The summed E-state index contributed by atoms with van der Waals surface area (Å²) in [4.78, 5) is 0. The minimum absolute atomic E-state index is 0.784. The van der Waals surface area contributed by atoms with Gasteiger partial charge in [-0.15, -0.1) is 0 Å². The van der Waals surface area contributed by atoms with E-state index >= 15 is 0 Å². The minimum atomic E-state index is 0.784. The van der Waals surface area contributed by atoms with Crippen LogP contribution in [-0.2, 0) is 0 Å². The molecular weight excluding hydrogens is 172 g/mol. The van der Waals surface area contributed by atoms with Crippen LogP contribution in [-0.4, -0.2) is 6.61 Å². The number of rotatable bonds is 6. The lowest BCUT2D eigenvalue weighted by molar-refractivity contribution is 0.312. The predicted molar refractivity (Wildman–Crippen MR) is 59.4 cm³/mol. The van der Waals surface area contributed by atoms with E-state index in [2.05, 4.69) is 25.1 Å². The van der Waals surface area contributed by atoms with Crippen molar-refractivity contribution in [1.82, 2.24) is 0 Å². The van der Waals surface area contributed by atoms with Crippen LogP contribution in [0.15, 0.2) is 36.4 Å². The highest BCUT2D eigenvalue weighted by molar-refractivity contribution is 5.19. The van der Waals surface area contributed by atoms with Gasteiger partial charge in [-0.3, -0.25) is 0 Å². The van der Waals surface area contributed by atoms with Gasteiger partial charge >= 0.3 is 0 Å². The molecule has 1 radical (unpaired) electrons. The molecule has 0 saturated heterocycles. The van der Waals surface area contributed by atoms with Gasteiger partial charge in [0.2, 0.25) is 0 Å². The van der Waals surface area contributed by atoms with Crippen LogP contribution >= 0.6 is 0 Å². The van der Waals surface area contributed by atoms with Crippen molar-refractivity contribution < 1.29 is 4.74 Å². The summed E-state index contributed by atoms with van der Waals surface area (Å²) in [7, 11) is 0. The molecule has 0 N–H and O–H groups in total. The molecule has 0 unspecified atom stereocenters. The number of allylic oxidation sites excluding steroid dienone is 2. The smallest absolute Gasteiger partial charge is 0.119 e. The average Bonchev–Trinajstić information content (AvgIpc) is 2.25. The van der Waals surface area contributed by atoms with Crippen LogP contribution in [0.2, 0.25) is 0 Å². The van der Waals surface area contributed by atoms with E-state index in [1.807, 2.05) is 24.3 Å². The maximum absolute atomic E-state index is 5.52. The third-order valence-corrected chi connectivity index (χ3v) is 1.86. The van der Waals surface area contributed by atoms with Crippen LogP contribution in [0.4, 0.5) is 0 Å². The van der Waals surface area contributed by atoms with E-state index in [-0.39, 0.29) is 0 Å². The molecule has 1 rings (SSSR count). The monoisotopic (exact) mass is 189 g/mol. The van der Waals surface area contributed by atoms with Crippen molar-refractivity contribution in [2.45, 2.75) is 26.2 Å². The number of ether oxygens (including phenoxy) is 1. The molecule has 0 aliphatic rings. The topological polar surface area (TPSA) is 9.23 Å². The lowest BCUT2D eigenvalue weighted by atomic mass is 10.3. The molecule has 0 aliphatic heterocycles. The van der Waals surface area contributed by atoms with Crippen molar-refractivity contribution in [3.8, 4) is 5.75 Å². The second-order valence-corrected chi connectivity index (χ2v) is 3.11. The average molecular weight is 189 g/mol. The van der Waals surface area contributed by atoms with E-state index in [9.17, 15) is 0 Å². The third-order valence-electron chi connectivity index (χ3n) is 1.86. The largest absolute Gasteiger partial charge is 0.494 e. The fraction of sp³-hybridized carbons (Fsp3) is 0.385. The Bertz CT molecular complexity index is 251. The molecule has 0 aromatic heterocycles. The summed E-state index contributed by atoms with van der Waals surface area (Å²) in [6, 6.07) is 10.6. The SMILES string of the molecule is CC/C=C/CCCOc1c[c]ccc1. The van der Waals surface area contributed by atoms with Crippen molar-refractivity contribution in [3.05, 3.63) is 42.5 Å². The van der Waals surface area contributed by atoms with Gasteiger partial charge in [0, 0.05) is 0 Å². The number of hydrogen-bond acceptors (Lipinski definition) is 1. The molecule has 1 aromatic rings. The molecule has 75 valence electrons. The van der Waals surface area contributed by atoms with Crippen LogP contribution < -0.4 is 4.74 Å². The van der Waals surface area contributed by atoms with Gasteiger partial charge in [0.1, 0.15) is 5.75 Å². The highest BCUT2D eigenvalue weighted by atomic mass is 16.5. The Morgan fingerprint density at radius 1 is 1.43 bits per heavy atom. The van der Waals surface area contributed by atoms with Crippen molar-refractivity contribution in [2.24, 2.45) is 0 Å². The highest BCUT2D eigenvalue weighted by Crippen LogP contribution is 2.08. The minimum Gasteiger partial charge on any atom is -0.494 e. The van der Waals surface area contributed by atoms with Crippen LogP contribution in [0.3, 0.4) is 0 Å². The molecular formula is C13H17O. The standard InChI is InChI=1S/C13H17O/c1-2-3-4-5-9-12-14-13-10-7-6-8-11-13/h3-4,6-7,10-11H,2,5,9,12H2,1H3/b4-3+. The van der Waals surface area contributed by atoms with Crippen LogP contribution in [0, 0.1) is 6.07 Å². The van der Waals surface area contributed by atoms with Crippen molar-refractivity contribution >= 4 is 0 Å². The Hall–Kier alpha value is -1.24. The molecule has 1 nitrogen and oxygen atoms in total. The van der Waals surface area contributed by atoms with Crippen LogP contribution in [0.5, 0.6) is 5.75 Å². The van der Waals surface area contributed by atoms with Gasteiger partial charge in [-0.1, -0.05) is 31.2 Å². The lowest BCUT2D eigenvalue weighted by Crippen LogP contribution is -1.95. The molecule has 14 heavy (non-hydrogen) atoms. The highest BCUT2D eigenvalue weighted by Gasteiger charge is 1.89. The van der Waals surface area contributed by atoms with Crippen LogP contribution in [0.1, 0.15) is 26.2 Å². The zero-order valence-corrected chi connectivity index (χ0v) is 8.70. The maximum Gasteiger partial charge on any atom is 0.119 e. The molecule has 1 heteroatoms. The summed E-state index contributed by atoms with van der Waals surface area (Å²) in [6.45, 7) is 2.93. The number of unbranched alkanes of at least 4 members (excludes halogenated alkanes) is 1. The summed E-state index contributed by atoms with van der Waals surface area (Å²) < 4.78 is 5.52. The summed E-state index contributed by atoms with van der Waals surface area (Å²) in [5.74, 6) is 0.909. The summed E-state index contributed by atoms with van der Waals surface area (Å²) >= 11 is 0. The van der Waals surface area contributed by atoms with Gasteiger partial charge in [0.05, 0.1) is 6.61 Å². The van der Waals surface area contributed by atoms with E-state index < -0.39 is 0 Å². The van der Waals surface area contributed by atoms with Crippen molar-refractivity contribution in [2.75, 3.05) is 6.61 Å². The summed E-state index contributed by atoms with van der Waals surface area (Å²) in [6.07, 6.45) is 7.70. The number of benzene rings is 1. The molecule has 0 saturated carbocycles. The Morgan fingerprint density at radius 2 is 2.36 bits per heavy atom. The Labute approximate surface area is 86.4 Å². The molecule has 1 aromatic carbocycles. The van der Waals surface area contributed by atoms with E-state index in [1.165, 1.54) is 0 Å². The second-order valence-electron chi connectivity index (χ2n) is 3.11. The fourth-order valence-corrected chi connectivity index (χ4v) is 1.14. The molecule has 0 aliphatic carbocycles. The van der Waals surface area contributed by atoms with Crippen LogP contribution in [0.25, 0.3) is 0 Å². The van der Waals surface area contributed by atoms with Gasteiger partial charge in [-0.25, -0.2) is 0 Å². The van der Waals surface area contributed by atoms with E-state index in [1.54, 1.807) is 0 Å². The van der Waals surface area contributed by atoms with Gasteiger partial charge in [0.15, 0.2) is 0 Å².